The molecule has 2 aliphatic heterocycles. The van der Waals surface area contributed by atoms with Gasteiger partial charge in [0.1, 0.15) is 0 Å². The van der Waals surface area contributed by atoms with Gasteiger partial charge in [0, 0.05) is 31.8 Å². The Balaban J connectivity index is 1.68. The number of methoxy groups -OCH3 is 1. The summed E-state index contributed by atoms with van der Waals surface area (Å²) in [5, 5.41) is 4.46. The number of amidine groups is 1. The van der Waals surface area contributed by atoms with E-state index in [1.807, 2.05) is 17.8 Å². The van der Waals surface area contributed by atoms with E-state index in [-0.39, 0.29) is 5.54 Å². The molecule has 0 atom stereocenters. The molecular weight excluding hydrogens is 272 g/mol. The minimum Gasteiger partial charge on any atom is -0.381 e. The number of rotatable bonds is 3. The summed E-state index contributed by atoms with van der Waals surface area (Å²) in [5.41, 5.74) is 2.35. The van der Waals surface area contributed by atoms with Gasteiger partial charge in [0.15, 0.2) is 5.17 Å². The van der Waals surface area contributed by atoms with Crippen LogP contribution in [0.5, 0.6) is 0 Å². The van der Waals surface area contributed by atoms with Crippen LogP contribution in [0, 0.1) is 0 Å². The second-order valence-electron chi connectivity index (χ2n) is 5.30. The highest BCUT2D eigenvalue weighted by atomic mass is 32.2. The Morgan fingerprint density at radius 2 is 2.25 bits per heavy atom. The maximum atomic E-state index is 5.44. The molecular formula is C15H20N2O2S. The molecule has 0 unspecified atom stereocenters. The number of benzene rings is 1. The standard InChI is InChI=1S/C15H20N2O2S/c1-18-10-12-3-2-4-13(9-12)16-14-17-15(11-20-14)5-7-19-8-6-15/h2-4,9H,5-8,10-11H2,1H3,(H,16,17). The Hall–Kier alpha value is -1.04. The average molecular weight is 292 g/mol. The van der Waals surface area contributed by atoms with Crippen LogP contribution < -0.4 is 5.32 Å². The van der Waals surface area contributed by atoms with E-state index in [1.165, 1.54) is 5.56 Å². The van der Waals surface area contributed by atoms with E-state index in [2.05, 4.69) is 23.5 Å². The molecule has 1 aromatic rings. The Labute approximate surface area is 123 Å². The summed E-state index contributed by atoms with van der Waals surface area (Å²) in [6.45, 7) is 2.30. The molecule has 3 rings (SSSR count). The Bertz CT molecular complexity index is 498. The second-order valence-corrected chi connectivity index (χ2v) is 6.26. The van der Waals surface area contributed by atoms with Gasteiger partial charge in [-0.05, 0) is 30.5 Å². The van der Waals surface area contributed by atoms with Gasteiger partial charge in [-0.1, -0.05) is 23.9 Å². The number of nitrogens with one attached hydrogen (secondary N) is 1. The average Bonchev–Trinajstić information content (AvgIpc) is 2.83. The van der Waals surface area contributed by atoms with Crippen LogP contribution >= 0.6 is 11.8 Å². The van der Waals surface area contributed by atoms with Crippen molar-refractivity contribution in [3.63, 3.8) is 0 Å². The third kappa shape index (κ3) is 3.16. The van der Waals surface area contributed by atoms with E-state index in [4.69, 9.17) is 14.5 Å². The molecule has 0 aliphatic carbocycles. The van der Waals surface area contributed by atoms with E-state index >= 15 is 0 Å². The summed E-state index contributed by atoms with van der Waals surface area (Å²) in [6.07, 6.45) is 2.07. The molecule has 0 radical (unpaired) electrons. The highest BCUT2D eigenvalue weighted by Crippen LogP contribution is 2.36. The summed E-state index contributed by atoms with van der Waals surface area (Å²) in [5.74, 6) is 1.07. The van der Waals surface area contributed by atoms with Crippen molar-refractivity contribution in [2.75, 3.05) is 31.4 Å². The topological polar surface area (TPSA) is 42.8 Å². The zero-order chi connectivity index (χ0) is 13.8. The molecule has 2 heterocycles. The first-order valence-electron chi connectivity index (χ1n) is 6.95. The predicted octanol–water partition coefficient (Wildman–Crippen LogP) is 2.90. The number of hydrogen-bond donors (Lipinski definition) is 1. The largest absolute Gasteiger partial charge is 0.381 e. The molecule has 1 saturated heterocycles. The van der Waals surface area contributed by atoms with Gasteiger partial charge in [-0.25, -0.2) is 0 Å². The highest BCUT2D eigenvalue weighted by Gasteiger charge is 2.37. The normalized spacial score (nSPS) is 20.9. The van der Waals surface area contributed by atoms with Gasteiger partial charge in [-0.3, -0.25) is 4.99 Å². The fourth-order valence-electron chi connectivity index (χ4n) is 2.58. The molecule has 5 heteroatoms. The van der Waals surface area contributed by atoms with Crippen molar-refractivity contribution in [3.8, 4) is 0 Å². The number of ether oxygens (including phenoxy) is 2. The van der Waals surface area contributed by atoms with Crippen molar-refractivity contribution in [1.82, 2.24) is 0 Å². The monoisotopic (exact) mass is 292 g/mol. The number of aliphatic imine (C=N–C) groups is 1. The fraction of sp³-hybridized carbons (Fsp3) is 0.533. The van der Waals surface area contributed by atoms with E-state index in [1.54, 1.807) is 7.11 Å². The maximum absolute atomic E-state index is 5.44. The van der Waals surface area contributed by atoms with Gasteiger partial charge in [-0.2, -0.15) is 0 Å². The molecule has 1 N–H and O–H groups in total. The number of thioether (sulfide) groups is 1. The molecule has 1 fully saturated rings. The lowest BCUT2D eigenvalue weighted by Crippen LogP contribution is -2.34. The van der Waals surface area contributed by atoms with Gasteiger partial charge in [-0.15, -0.1) is 0 Å². The van der Waals surface area contributed by atoms with Crippen molar-refractivity contribution < 1.29 is 9.47 Å². The summed E-state index contributed by atoms with van der Waals surface area (Å²) >= 11 is 1.81. The van der Waals surface area contributed by atoms with Gasteiger partial charge < -0.3 is 14.8 Å². The molecule has 1 spiro atoms. The number of nitrogens with zero attached hydrogens (tertiary/aromatic N) is 1. The highest BCUT2D eigenvalue weighted by molar-refractivity contribution is 8.14. The number of hydrogen-bond acceptors (Lipinski definition) is 5. The van der Waals surface area contributed by atoms with Crippen molar-refractivity contribution in [1.29, 1.82) is 0 Å². The fourth-order valence-corrected chi connectivity index (χ4v) is 3.79. The molecule has 0 bridgehead atoms. The molecule has 108 valence electrons. The van der Waals surface area contributed by atoms with Crippen molar-refractivity contribution >= 4 is 22.6 Å². The lowest BCUT2D eigenvalue weighted by molar-refractivity contribution is 0.0624. The van der Waals surface area contributed by atoms with Crippen LogP contribution in [-0.4, -0.2) is 36.8 Å². The first-order valence-corrected chi connectivity index (χ1v) is 7.94. The molecule has 1 aromatic carbocycles. The molecule has 20 heavy (non-hydrogen) atoms. The van der Waals surface area contributed by atoms with Gasteiger partial charge in [0.25, 0.3) is 0 Å². The number of anilines is 1. The lowest BCUT2D eigenvalue weighted by atomic mass is 9.93. The molecule has 0 saturated carbocycles. The lowest BCUT2D eigenvalue weighted by Gasteiger charge is -2.29. The second kappa shape index (κ2) is 6.16. The third-order valence-corrected chi connectivity index (χ3v) is 4.88. The smallest absolute Gasteiger partial charge is 0.161 e. The van der Waals surface area contributed by atoms with Crippen LogP contribution in [0.15, 0.2) is 29.3 Å². The molecule has 0 aromatic heterocycles. The van der Waals surface area contributed by atoms with E-state index in [9.17, 15) is 0 Å². The van der Waals surface area contributed by atoms with Crippen LogP contribution in [0.3, 0.4) is 0 Å². The Morgan fingerprint density at radius 1 is 1.40 bits per heavy atom. The predicted molar refractivity (Wildman–Crippen MR) is 83.5 cm³/mol. The first-order chi connectivity index (χ1) is 9.80. The maximum Gasteiger partial charge on any atom is 0.161 e. The third-order valence-electron chi connectivity index (χ3n) is 3.73. The molecule has 4 nitrogen and oxygen atoms in total. The summed E-state index contributed by atoms with van der Waals surface area (Å²) < 4.78 is 10.6. The minimum atomic E-state index is 0.107. The minimum absolute atomic E-state index is 0.107. The Kier molecular flexibility index (Phi) is 4.29. The quantitative estimate of drug-likeness (QED) is 0.930. The molecule has 2 aliphatic rings. The summed E-state index contributed by atoms with van der Waals surface area (Å²) in [4.78, 5) is 4.91. The van der Waals surface area contributed by atoms with Gasteiger partial charge in [0.2, 0.25) is 0 Å². The Morgan fingerprint density at radius 3 is 3.05 bits per heavy atom. The SMILES string of the molecule is COCc1cccc(NC2=NC3(CCOCC3)CS2)c1. The van der Waals surface area contributed by atoms with Crippen LogP contribution in [0.1, 0.15) is 18.4 Å². The van der Waals surface area contributed by atoms with Crippen molar-refractivity contribution in [3.05, 3.63) is 29.8 Å². The van der Waals surface area contributed by atoms with Crippen LogP contribution in [-0.2, 0) is 16.1 Å². The van der Waals surface area contributed by atoms with E-state index < -0.39 is 0 Å². The van der Waals surface area contributed by atoms with Gasteiger partial charge in [0.05, 0.1) is 12.1 Å². The van der Waals surface area contributed by atoms with Crippen LogP contribution in [0.2, 0.25) is 0 Å². The molecule has 0 amide bonds. The van der Waals surface area contributed by atoms with E-state index in [0.717, 1.165) is 42.7 Å². The summed E-state index contributed by atoms with van der Waals surface area (Å²) in [7, 11) is 1.71. The van der Waals surface area contributed by atoms with Crippen molar-refractivity contribution in [2.24, 2.45) is 4.99 Å². The van der Waals surface area contributed by atoms with E-state index in [0.29, 0.717) is 6.61 Å². The first kappa shape index (κ1) is 13.9. The van der Waals surface area contributed by atoms with Crippen LogP contribution in [0.25, 0.3) is 0 Å². The van der Waals surface area contributed by atoms with Crippen LogP contribution in [0.4, 0.5) is 5.69 Å². The van der Waals surface area contributed by atoms with Gasteiger partial charge >= 0.3 is 0 Å². The zero-order valence-electron chi connectivity index (χ0n) is 11.7. The zero-order valence-corrected chi connectivity index (χ0v) is 12.5. The van der Waals surface area contributed by atoms with Crippen molar-refractivity contribution in [2.45, 2.75) is 25.0 Å². The summed E-state index contributed by atoms with van der Waals surface area (Å²) in [6, 6.07) is 8.29.